The van der Waals surface area contributed by atoms with Gasteiger partial charge in [0.25, 0.3) is 5.69 Å². The van der Waals surface area contributed by atoms with E-state index in [1.165, 1.54) is 127 Å². The summed E-state index contributed by atoms with van der Waals surface area (Å²) in [6.45, 7) is 4.56. The Kier molecular flexibility index (Phi) is 16.1. The molecule has 5 rings (SSSR count). The first-order valence-corrected chi connectivity index (χ1v) is 23.6. The molecule has 0 aromatic heterocycles. The van der Waals surface area contributed by atoms with E-state index in [9.17, 15) is 35.3 Å². The molecule has 0 unspecified atom stereocenters. The number of nitrogens with zero attached hydrogens (tertiary/aromatic N) is 1. The van der Waals surface area contributed by atoms with Crippen LogP contribution in [0.4, 0.5) is 30.9 Å². The molecule has 1 aliphatic rings. The molecule has 0 saturated carbocycles. The van der Waals surface area contributed by atoms with E-state index >= 15 is 0 Å². The molecular weight excluding hydrogens is 764 g/mol. The summed E-state index contributed by atoms with van der Waals surface area (Å²) in [5, 5.41) is 12.2. The summed E-state index contributed by atoms with van der Waals surface area (Å²) in [5.41, 5.74) is 5.08. The number of unbranched alkanes of at least 4 members (excludes halogenated alkanes) is 14. The Morgan fingerprint density at radius 1 is 0.518 bits per heavy atom. The van der Waals surface area contributed by atoms with Gasteiger partial charge >= 0.3 is 33.0 Å². The third-order valence-electron chi connectivity index (χ3n) is 10.6. The van der Waals surface area contributed by atoms with Gasteiger partial charge in [-0.1, -0.05) is 153 Å². The van der Waals surface area contributed by atoms with Crippen LogP contribution in [-0.2, 0) is 16.3 Å². The summed E-state index contributed by atoms with van der Waals surface area (Å²) in [5.74, 6) is 0. The van der Waals surface area contributed by atoms with Crippen LogP contribution in [0.1, 0.15) is 141 Å². The van der Waals surface area contributed by atoms with Crippen molar-refractivity contribution in [2.45, 2.75) is 150 Å². The predicted octanol–water partition coefficient (Wildman–Crippen LogP) is 17.4. The fraction of sp³-hybridized carbons (Fsp3) is 0.467. The molecule has 4 aromatic rings. The zero-order chi connectivity index (χ0) is 40.7. The molecule has 4 aromatic carbocycles. The van der Waals surface area contributed by atoms with E-state index in [0.29, 0.717) is 0 Å². The van der Waals surface area contributed by atoms with Crippen molar-refractivity contribution in [3.8, 4) is 11.1 Å². The molecule has 0 radical (unpaired) electrons. The van der Waals surface area contributed by atoms with Gasteiger partial charge in [0.15, 0.2) is 14.7 Å². The molecule has 0 fully saturated rings. The van der Waals surface area contributed by atoms with Crippen molar-refractivity contribution in [3.05, 3.63) is 118 Å². The first-order chi connectivity index (χ1) is 26.5. The number of fused-ring (bicyclic) bond motifs is 3. The molecule has 1 aliphatic carbocycles. The first kappa shape index (κ1) is 45.3. The minimum absolute atomic E-state index is 0.200. The van der Waals surface area contributed by atoms with E-state index in [-0.39, 0.29) is 26.9 Å². The normalized spacial score (nSPS) is 14.3. The number of hydrogen-bond donors (Lipinski definition) is 0. The Labute approximate surface area is 332 Å². The molecule has 11 heteroatoms. The second-order valence-corrected chi connectivity index (χ2v) is 19.1. The van der Waals surface area contributed by atoms with Gasteiger partial charge < -0.3 is 0 Å². The van der Waals surface area contributed by atoms with Crippen LogP contribution < -0.4 is 0 Å². The number of nitro benzene ring substituents is 1. The van der Waals surface area contributed by atoms with Crippen molar-refractivity contribution in [3.63, 3.8) is 0 Å². The van der Waals surface area contributed by atoms with Crippen molar-refractivity contribution >= 4 is 24.4 Å². The second kappa shape index (κ2) is 19.9. The van der Waals surface area contributed by atoms with Gasteiger partial charge in [-0.25, -0.2) is 0 Å². The summed E-state index contributed by atoms with van der Waals surface area (Å²) in [6, 6.07) is 34.7. The van der Waals surface area contributed by atoms with Crippen LogP contribution in [-0.4, -0.2) is 4.92 Å². The zero-order valence-corrected chi connectivity index (χ0v) is 34.6. The van der Waals surface area contributed by atoms with E-state index in [1.54, 1.807) is 6.07 Å². The molecule has 0 amide bonds. The van der Waals surface area contributed by atoms with E-state index < -0.39 is 7.81 Å². The van der Waals surface area contributed by atoms with E-state index in [4.69, 9.17) is 0 Å². The van der Waals surface area contributed by atoms with Gasteiger partial charge in [-0.2, -0.15) is 0 Å². The SMILES string of the molecule is CCCCCCCCCCC1(CCCCCCCCCC)c2cc([N+](=O)[O-])ccc2-c2ccc([S+](c3ccccc3)c3ccccc3)cc21.F[P-](F)(F)(F)(F)F. The van der Waals surface area contributed by atoms with Crippen molar-refractivity contribution in [2.24, 2.45) is 0 Å². The first-order valence-electron chi connectivity index (χ1n) is 20.4. The average molecular weight is 822 g/mol. The number of halogens is 6. The third-order valence-corrected chi connectivity index (χ3v) is 12.8. The molecule has 0 atom stereocenters. The minimum atomic E-state index is -10.7. The van der Waals surface area contributed by atoms with Crippen molar-refractivity contribution in [2.75, 3.05) is 0 Å². The molecule has 0 heterocycles. The van der Waals surface area contributed by atoms with Gasteiger partial charge in [0.1, 0.15) is 0 Å². The summed E-state index contributed by atoms with van der Waals surface area (Å²) in [7, 11) is -10.9. The molecule has 0 saturated heterocycles. The Morgan fingerprint density at radius 2 is 0.893 bits per heavy atom. The van der Waals surface area contributed by atoms with E-state index in [2.05, 4.69) is 92.7 Å². The topological polar surface area (TPSA) is 43.1 Å². The van der Waals surface area contributed by atoms with Crippen molar-refractivity contribution < 1.29 is 30.1 Å². The summed E-state index contributed by atoms with van der Waals surface area (Å²) in [4.78, 5) is 15.9. The molecule has 0 spiro atoms. The van der Waals surface area contributed by atoms with Crippen LogP contribution >= 0.6 is 7.81 Å². The maximum atomic E-state index is 12.2. The standard InChI is InChI=1S/C45H58NO2S.F6P/c1-3-5-7-9-11-13-15-23-33-45(34-24-16-14-12-10-8-6-4-2)43-35-37(46(47)48)29-31-41(43)42-32-30-40(36-44(42)45)49(38-25-19-17-20-26-38)39-27-21-18-22-28-39;1-7(2,3,4,5)6/h17-22,25-32,35-36H,3-16,23-24,33-34H2,1-2H3;/q+1;-1. The van der Waals surface area contributed by atoms with Gasteiger partial charge in [0, 0.05) is 17.5 Å². The molecule has 0 N–H and O–H groups in total. The van der Waals surface area contributed by atoms with Crippen LogP contribution in [0.2, 0.25) is 0 Å². The van der Waals surface area contributed by atoms with Crippen molar-refractivity contribution in [1.29, 1.82) is 0 Å². The van der Waals surface area contributed by atoms with Crippen molar-refractivity contribution in [1.82, 2.24) is 0 Å². The van der Waals surface area contributed by atoms with Crippen LogP contribution in [0.3, 0.4) is 0 Å². The summed E-state index contributed by atoms with van der Waals surface area (Å²) < 4.78 is 59.2. The quantitative estimate of drug-likeness (QED) is 0.0198. The maximum absolute atomic E-state index is 12.2. The predicted molar refractivity (Wildman–Crippen MR) is 222 cm³/mol. The molecule has 0 aliphatic heterocycles. The number of nitro groups is 1. The summed E-state index contributed by atoms with van der Waals surface area (Å²) >= 11 is 0. The van der Waals surface area contributed by atoms with E-state index in [1.807, 2.05) is 12.1 Å². The molecule has 308 valence electrons. The molecule has 3 nitrogen and oxygen atoms in total. The number of benzene rings is 4. The Hall–Kier alpha value is -3.36. The molecule has 56 heavy (non-hydrogen) atoms. The zero-order valence-electron chi connectivity index (χ0n) is 32.9. The Morgan fingerprint density at radius 3 is 1.30 bits per heavy atom. The van der Waals surface area contributed by atoms with Gasteiger partial charge in [0.05, 0.1) is 15.8 Å². The second-order valence-electron chi connectivity index (χ2n) is 15.1. The van der Waals surface area contributed by atoms with Gasteiger partial charge in [-0.15, -0.1) is 0 Å². The van der Waals surface area contributed by atoms with E-state index in [0.717, 1.165) is 25.7 Å². The Bertz CT molecular complexity index is 1750. The van der Waals surface area contributed by atoms with Gasteiger partial charge in [-0.3, -0.25) is 10.1 Å². The number of rotatable bonds is 22. The fourth-order valence-corrected chi connectivity index (χ4v) is 10.1. The van der Waals surface area contributed by atoms with Crippen LogP contribution in [0.5, 0.6) is 0 Å². The molecular formula is C45H58F6NO2PS. The number of hydrogen-bond acceptors (Lipinski definition) is 2. The Balaban J connectivity index is 0.000000908. The average Bonchev–Trinajstić information content (AvgIpc) is 3.41. The molecule has 0 bridgehead atoms. The van der Waals surface area contributed by atoms with Gasteiger partial charge in [0.2, 0.25) is 0 Å². The van der Waals surface area contributed by atoms with Crippen LogP contribution in [0, 0.1) is 10.1 Å². The van der Waals surface area contributed by atoms with Crippen LogP contribution in [0.25, 0.3) is 11.1 Å². The monoisotopic (exact) mass is 821 g/mol. The fourth-order valence-electron chi connectivity index (χ4n) is 8.01. The third kappa shape index (κ3) is 14.5. The van der Waals surface area contributed by atoms with Crippen LogP contribution in [0.15, 0.2) is 112 Å². The van der Waals surface area contributed by atoms with Gasteiger partial charge in [-0.05, 0) is 83.6 Å². The summed E-state index contributed by atoms with van der Waals surface area (Å²) in [6.07, 6.45) is 22.6. The number of non-ortho nitro benzene ring substituents is 1.